The van der Waals surface area contributed by atoms with Crippen molar-refractivity contribution in [2.45, 2.75) is 134 Å². The van der Waals surface area contributed by atoms with Crippen LogP contribution < -0.4 is 38.1 Å². The van der Waals surface area contributed by atoms with Crippen LogP contribution in [0.5, 0.6) is 0 Å². The van der Waals surface area contributed by atoms with Gasteiger partial charge in [0.2, 0.25) is 5.91 Å². The first kappa shape index (κ1) is 58.6. The number of unbranched alkanes of at least 4 members (excludes halogenated alkanes) is 2. The zero-order valence-electron chi connectivity index (χ0n) is 40.2. The number of rotatable bonds is 30. The van der Waals surface area contributed by atoms with Gasteiger partial charge in [0.1, 0.15) is 36.8 Å². The second-order valence-electron chi connectivity index (χ2n) is 16.8. The highest BCUT2D eigenvalue weighted by Crippen LogP contribution is 2.44. The number of nitrogens with one attached hydrogen (secondary N) is 5. The summed E-state index contributed by atoms with van der Waals surface area (Å²) >= 11 is 0. The molecule has 3 rings (SSSR count). The number of carbonyl (C=O) groups excluding carboxylic acids is 8. The lowest BCUT2D eigenvalue weighted by molar-refractivity contribution is -0.163. The van der Waals surface area contributed by atoms with Crippen molar-refractivity contribution in [2.24, 2.45) is 11.5 Å². The number of aliphatic carboxylic acids is 3. The van der Waals surface area contributed by atoms with Crippen LogP contribution in [-0.2, 0) is 66.9 Å². The van der Waals surface area contributed by atoms with Crippen molar-refractivity contribution in [2.75, 3.05) is 19.7 Å². The molecule has 2 aromatic rings. The molecular weight excluding hydrogens is 951 g/mol. The molecule has 0 radical (unpaired) electrons. The smallest absolute Gasteiger partial charge is 0.407 e. The molecule has 0 bridgehead atoms. The summed E-state index contributed by atoms with van der Waals surface area (Å²) in [5.41, 5.74) is 15.3. The number of fused-ring (bicyclic) bond motifs is 3. The van der Waals surface area contributed by atoms with Crippen LogP contribution in [0.4, 0.5) is 4.79 Å². The summed E-state index contributed by atoms with van der Waals surface area (Å²) in [4.78, 5) is 139. The normalized spacial score (nSPS) is 14.9. The average Bonchev–Trinajstić information content (AvgIpc) is 3.64. The van der Waals surface area contributed by atoms with Crippen molar-refractivity contribution in [1.82, 2.24) is 26.6 Å². The van der Waals surface area contributed by atoms with E-state index in [-0.39, 0.29) is 38.3 Å². The molecule has 0 aromatic heterocycles. The number of carboxylic acids is 3. The van der Waals surface area contributed by atoms with E-state index in [0.29, 0.717) is 25.8 Å². The predicted molar refractivity (Wildman–Crippen MR) is 250 cm³/mol. The third-order valence-corrected chi connectivity index (χ3v) is 11.1. The van der Waals surface area contributed by atoms with E-state index in [9.17, 15) is 63.0 Å². The zero-order chi connectivity index (χ0) is 53.7. The number of hydrogen-bond acceptors (Lipinski definition) is 17. The molecule has 1 aliphatic carbocycles. The molecule has 0 aliphatic heterocycles. The molecule has 1 aliphatic rings. The van der Waals surface area contributed by atoms with Gasteiger partial charge in [-0.3, -0.25) is 33.6 Å². The minimum Gasteiger partial charge on any atom is -0.481 e. The Morgan fingerprint density at radius 3 is 1.33 bits per heavy atom. The van der Waals surface area contributed by atoms with Gasteiger partial charge in [0.15, 0.2) is 18.3 Å². The molecule has 25 nitrogen and oxygen atoms in total. The number of amides is 5. The minimum absolute atomic E-state index is 0.0389. The molecule has 72 heavy (non-hydrogen) atoms. The maximum Gasteiger partial charge on any atom is 0.407 e. The first-order chi connectivity index (χ1) is 34.1. The Morgan fingerprint density at radius 2 is 0.903 bits per heavy atom. The maximum absolute atomic E-state index is 13.5. The van der Waals surface area contributed by atoms with Crippen molar-refractivity contribution in [1.29, 1.82) is 0 Å². The van der Waals surface area contributed by atoms with Gasteiger partial charge in [-0.25, -0.2) is 19.2 Å². The summed E-state index contributed by atoms with van der Waals surface area (Å²) < 4.78 is 21.3. The van der Waals surface area contributed by atoms with E-state index in [1.165, 1.54) is 6.92 Å². The van der Waals surface area contributed by atoms with Gasteiger partial charge in [0, 0.05) is 5.92 Å². The molecule has 5 amide bonds. The van der Waals surface area contributed by atoms with Crippen LogP contribution in [-0.4, -0.2) is 149 Å². The van der Waals surface area contributed by atoms with E-state index in [0.717, 1.165) is 43.0 Å². The number of nitrogens with two attached hydrogens (primary N) is 2. The van der Waals surface area contributed by atoms with Crippen LogP contribution in [0.1, 0.15) is 96.1 Å². The van der Waals surface area contributed by atoms with Crippen molar-refractivity contribution in [3.63, 3.8) is 0 Å². The van der Waals surface area contributed by atoms with Gasteiger partial charge in [0.05, 0.1) is 12.8 Å². The van der Waals surface area contributed by atoms with E-state index in [4.69, 9.17) is 35.5 Å². The Kier molecular flexibility index (Phi) is 23.5. The van der Waals surface area contributed by atoms with Crippen molar-refractivity contribution in [3.8, 4) is 11.1 Å². The number of ether oxygens (including phenoxy) is 4. The second kappa shape index (κ2) is 28.9. The largest absolute Gasteiger partial charge is 0.481 e. The van der Waals surface area contributed by atoms with Crippen LogP contribution in [0, 0.1) is 0 Å². The van der Waals surface area contributed by atoms with Gasteiger partial charge >= 0.3 is 41.9 Å². The third-order valence-electron chi connectivity index (χ3n) is 11.1. The summed E-state index contributed by atoms with van der Waals surface area (Å²) in [5.74, 6) is -13.2. The molecule has 8 atom stereocenters. The molecule has 2 aromatic carbocycles. The van der Waals surface area contributed by atoms with Crippen LogP contribution in [0.3, 0.4) is 0 Å². The highest BCUT2D eigenvalue weighted by molar-refractivity contribution is 5.96. The Labute approximate surface area is 413 Å². The lowest BCUT2D eigenvalue weighted by Crippen LogP contribution is -2.54. The first-order valence-corrected chi connectivity index (χ1v) is 23.1. The predicted octanol–water partition coefficient (Wildman–Crippen LogP) is -0.0601. The monoisotopic (exact) mass is 1010 g/mol. The molecule has 0 heterocycles. The minimum atomic E-state index is -2.01. The highest BCUT2D eigenvalue weighted by Gasteiger charge is 2.36. The van der Waals surface area contributed by atoms with Crippen molar-refractivity contribution >= 4 is 65.5 Å². The SMILES string of the molecule is C[C@H](NC(=O)[C@H](CC(=O)O)NC(=O)[C@H](C)OC(=O)[C@H](CC(=O)O)NC(=O)[C@H](C)OC(=O)[C@H](CCCCN)NC(=O)[C@H](C)OC(=O)[C@H](CCCCN)NC(=O)OCC1c2ccccc2-c2ccccc21)C(=O)O. The fourth-order valence-corrected chi connectivity index (χ4v) is 7.19. The van der Waals surface area contributed by atoms with Crippen LogP contribution in [0.25, 0.3) is 11.1 Å². The fourth-order valence-electron chi connectivity index (χ4n) is 7.19. The van der Waals surface area contributed by atoms with Gasteiger partial charge in [0.25, 0.3) is 17.7 Å². The van der Waals surface area contributed by atoms with Crippen LogP contribution in [0.2, 0.25) is 0 Å². The Morgan fingerprint density at radius 1 is 0.514 bits per heavy atom. The van der Waals surface area contributed by atoms with Crippen molar-refractivity contribution < 1.29 is 87.0 Å². The van der Waals surface area contributed by atoms with E-state index >= 15 is 0 Å². The van der Waals surface area contributed by atoms with E-state index in [1.807, 2.05) is 59.2 Å². The summed E-state index contributed by atoms with van der Waals surface area (Å²) in [5, 5.41) is 38.7. The first-order valence-electron chi connectivity index (χ1n) is 23.1. The topological polar surface area (TPSA) is 398 Å². The molecule has 0 saturated heterocycles. The molecule has 12 N–H and O–H groups in total. The lowest BCUT2D eigenvalue weighted by Gasteiger charge is -2.24. The summed E-state index contributed by atoms with van der Waals surface area (Å²) in [6.07, 6.45) is -6.62. The molecule has 25 heteroatoms. The Bertz CT molecular complexity index is 2250. The Balaban J connectivity index is 1.63. The summed E-state index contributed by atoms with van der Waals surface area (Å²) in [6, 6.07) is 7.43. The zero-order valence-corrected chi connectivity index (χ0v) is 40.2. The Hall–Kier alpha value is -7.67. The van der Waals surface area contributed by atoms with Gasteiger partial charge < -0.3 is 72.3 Å². The number of alkyl carbamates (subject to hydrolysis) is 1. The van der Waals surface area contributed by atoms with Crippen molar-refractivity contribution in [3.05, 3.63) is 59.7 Å². The average molecular weight is 1010 g/mol. The summed E-state index contributed by atoms with van der Waals surface area (Å²) in [7, 11) is 0. The van der Waals surface area contributed by atoms with Gasteiger partial charge in [-0.2, -0.15) is 0 Å². The van der Waals surface area contributed by atoms with Gasteiger partial charge in [-0.1, -0.05) is 48.5 Å². The number of benzene rings is 2. The van der Waals surface area contributed by atoms with E-state index in [1.54, 1.807) is 0 Å². The lowest BCUT2D eigenvalue weighted by atomic mass is 9.98. The molecule has 0 spiro atoms. The standard InChI is InChI=1S/C47H63N7O18/c1-24(43(63)64)50-42(62)35(21-37(55)56)52-40(60)26(3)72-46(67)36(22-38(57)58)53-41(61)27(4)70-44(65)33(17-9-11-19-48)51-39(59)25(2)71-45(66)34(18-10-12-20-49)54-47(68)69-23-32-30-15-7-5-13-28(30)29-14-6-8-16-31(29)32/h5-8,13-16,24-27,32-36H,9-12,17-23,48-49H2,1-4H3,(H,50,62)(H,51,59)(H,52,60)(H,53,61)(H,54,68)(H,55,56)(H,57,58)(H,63,64)/t24-,25-,26-,27-,33-,34-,35-,36-/m0/s1. The summed E-state index contributed by atoms with van der Waals surface area (Å²) in [6.45, 7) is 4.79. The second-order valence-corrected chi connectivity index (χ2v) is 16.8. The third kappa shape index (κ3) is 18.3. The molecular formula is C47H63N7O18. The number of carbonyl (C=O) groups is 11. The van der Waals surface area contributed by atoms with Crippen LogP contribution >= 0.6 is 0 Å². The molecule has 0 fully saturated rings. The molecule has 0 saturated carbocycles. The van der Waals surface area contributed by atoms with E-state index in [2.05, 4.69) is 16.0 Å². The quantitative estimate of drug-likeness (QED) is 0.0278. The number of carboxylic acid groups (broad SMARTS) is 3. The van der Waals surface area contributed by atoms with E-state index < -0.39 is 127 Å². The van der Waals surface area contributed by atoms with Gasteiger partial charge in [-0.15, -0.1) is 0 Å². The fraction of sp³-hybridized carbons (Fsp3) is 0.511. The van der Waals surface area contributed by atoms with Crippen LogP contribution in [0.15, 0.2) is 48.5 Å². The number of esters is 3. The number of hydrogen-bond donors (Lipinski definition) is 10. The maximum atomic E-state index is 13.5. The molecule has 394 valence electrons. The molecule has 0 unspecified atom stereocenters. The van der Waals surface area contributed by atoms with Gasteiger partial charge in [-0.05, 0) is 102 Å². The highest BCUT2D eigenvalue weighted by atomic mass is 16.6.